The molecule has 0 aromatic carbocycles. The van der Waals surface area contributed by atoms with Crippen molar-refractivity contribution in [3.05, 3.63) is 24.1 Å². The van der Waals surface area contributed by atoms with Crippen LogP contribution in [0.15, 0.2) is 29.1 Å². The molecule has 0 aromatic rings. The smallest absolute Gasteiger partial charge is 0.244 e. The Labute approximate surface area is 94.9 Å². The van der Waals surface area contributed by atoms with Crippen LogP contribution in [0.2, 0.25) is 19.6 Å². The Balaban J connectivity index is 4.35. The fraction of sp³-hybridized carbons (Fsp3) is 0.583. The van der Waals surface area contributed by atoms with E-state index < -0.39 is 8.32 Å². The lowest BCUT2D eigenvalue weighted by atomic mass is 10.1. The van der Waals surface area contributed by atoms with Crippen LogP contribution >= 0.6 is 0 Å². The maximum atomic E-state index is 5.63. The Hall–Kier alpha value is -0.833. The number of hydrogen-bond acceptors (Lipinski definition) is 2. The molecule has 0 saturated heterocycles. The summed E-state index contributed by atoms with van der Waals surface area (Å²) in [7, 11) is -1.56. The van der Waals surface area contributed by atoms with Gasteiger partial charge in [0, 0.05) is 6.21 Å². The largest absolute Gasteiger partial charge is 0.532 e. The molecule has 0 aliphatic carbocycles. The van der Waals surface area contributed by atoms with Gasteiger partial charge in [0.1, 0.15) is 0 Å². The maximum Gasteiger partial charge on any atom is 0.244 e. The van der Waals surface area contributed by atoms with Crippen LogP contribution in [0.1, 0.15) is 20.8 Å². The van der Waals surface area contributed by atoms with Gasteiger partial charge in [-0.15, -0.1) is 0 Å². The lowest BCUT2D eigenvalue weighted by Gasteiger charge is -2.18. The topological polar surface area (TPSA) is 21.6 Å². The lowest BCUT2D eigenvalue weighted by Crippen LogP contribution is -2.24. The SMILES string of the molecule is C=C(N=CC(=CC)C(C)C)O[Si](C)(C)C. The summed E-state index contributed by atoms with van der Waals surface area (Å²) in [5.74, 6) is 1.01. The van der Waals surface area contributed by atoms with Gasteiger partial charge in [0.25, 0.3) is 0 Å². The molecule has 0 saturated carbocycles. The second kappa shape index (κ2) is 5.91. The summed E-state index contributed by atoms with van der Waals surface area (Å²) in [5.41, 5.74) is 1.20. The molecule has 0 radical (unpaired) electrons. The molecule has 0 atom stereocenters. The monoisotopic (exact) mass is 225 g/mol. The third-order valence-corrected chi connectivity index (χ3v) is 2.63. The maximum absolute atomic E-state index is 5.63. The molecule has 0 rings (SSSR count). The van der Waals surface area contributed by atoms with Crippen molar-refractivity contribution in [2.45, 2.75) is 40.4 Å². The van der Waals surface area contributed by atoms with Crippen molar-refractivity contribution in [3.8, 4) is 0 Å². The molecule has 3 heteroatoms. The molecule has 86 valence electrons. The predicted octanol–water partition coefficient (Wildman–Crippen LogP) is 3.98. The van der Waals surface area contributed by atoms with E-state index in [2.05, 4.69) is 51.1 Å². The van der Waals surface area contributed by atoms with Gasteiger partial charge in [0.2, 0.25) is 8.32 Å². The van der Waals surface area contributed by atoms with Gasteiger partial charge in [-0.05, 0) is 44.6 Å². The summed E-state index contributed by atoms with van der Waals surface area (Å²) in [4.78, 5) is 4.23. The summed E-state index contributed by atoms with van der Waals surface area (Å²) in [6, 6.07) is 0. The molecule has 0 heterocycles. The van der Waals surface area contributed by atoms with Crippen molar-refractivity contribution in [1.29, 1.82) is 0 Å². The van der Waals surface area contributed by atoms with Gasteiger partial charge < -0.3 is 4.43 Å². The van der Waals surface area contributed by atoms with Crippen LogP contribution in [0.3, 0.4) is 0 Å². The number of rotatable bonds is 5. The minimum absolute atomic E-state index is 0.485. The van der Waals surface area contributed by atoms with Gasteiger partial charge in [-0.25, -0.2) is 4.99 Å². The first kappa shape index (κ1) is 14.2. The number of aliphatic imine (C=N–C) groups is 1. The van der Waals surface area contributed by atoms with E-state index in [0.29, 0.717) is 11.8 Å². The van der Waals surface area contributed by atoms with Crippen LogP contribution in [0.5, 0.6) is 0 Å². The third-order valence-electron chi connectivity index (χ3n) is 1.78. The average Bonchev–Trinajstić information content (AvgIpc) is 2.01. The quantitative estimate of drug-likeness (QED) is 0.394. The second-order valence-electron chi connectivity index (χ2n) is 4.81. The van der Waals surface area contributed by atoms with Crippen LogP contribution < -0.4 is 0 Å². The first-order valence-electron chi connectivity index (χ1n) is 5.34. The Bertz CT molecular complexity index is 272. The molecule has 2 nitrogen and oxygen atoms in total. The highest BCUT2D eigenvalue weighted by Gasteiger charge is 2.16. The van der Waals surface area contributed by atoms with Crippen molar-refractivity contribution in [2.75, 3.05) is 0 Å². The van der Waals surface area contributed by atoms with Crippen LogP contribution in [0.4, 0.5) is 0 Å². The van der Waals surface area contributed by atoms with E-state index in [0.717, 1.165) is 0 Å². The highest BCUT2D eigenvalue weighted by atomic mass is 28.4. The van der Waals surface area contributed by atoms with E-state index in [1.54, 1.807) is 0 Å². The molecule has 0 fully saturated rings. The van der Waals surface area contributed by atoms with E-state index in [1.807, 2.05) is 13.1 Å². The van der Waals surface area contributed by atoms with E-state index in [9.17, 15) is 0 Å². The number of hydrogen-bond donors (Lipinski definition) is 0. The standard InChI is InChI=1S/C12H23NOSi/c1-8-12(10(2)3)9-13-11(4)14-15(5,6)7/h8-10H,4H2,1-3,5-7H3. The molecule has 0 amide bonds. The molecule has 0 aliphatic rings. The minimum atomic E-state index is -1.56. The first-order chi connectivity index (χ1) is 6.76. The molecular formula is C12H23NOSi. The van der Waals surface area contributed by atoms with Gasteiger partial charge in [0.05, 0.1) is 0 Å². The van der Waals surface area contributed by atoms with E-state index in [-0.39, 0.29) is 0 Å². The molecule has 15 heavy (non-hydrogen) atoms. The van der Waals surface area contributed by atoms with Crippen molar-refractivity contribution in [1.82, 2.24) is 0 Å². The molecular weight excluding hydrogens is 202 g/mol. The van der Waals surface area contributed by atoms with Crippen molar-refractivity contribution in [2.24, 2.45) is 10.9 Å². The number of allylic oxidation sites excluding steroid dienone is 2. The summed E-state index contributed by atoms with van der Waals surface area (Å²) < 4.78 is 5.63. The molecule has 0 spiro atoms. The Morgan fingerprint density at radius 2 is 1.87 bits per heavy atom. The van der Waals surface area contributed by atoms with E-state index >= 15 is 0 Å². The van der Waals surface area contributed by atoms with E-state index in [1.165, 1.54) is 5.57 Å². The zero-order valence-corrected chi connectivity index (χ0v) is 11.8. The molecule has 0 bridgehead atoms. The molecule has 0 N–H and O–H groups in total. The summed E-state index contributed by atoms with van der Waals surface area (Å²) in [5, 5.41) is 0. The summed E-state index contributed by atoms with van der Waals surface area (Å²) in [6.07, 6.45) is 3.91. The lowest BCUT2D eigenvalue weighted by molar-refractivity contribution is 0.421. The third kappa shape index (κ3) is 7.14. The predicted molar refractivity (Wildman–Crippen MR) is 70.7 cm³/mol. The zero-order chi connectivity index (χ0) is 12.1. The van der Waals surface area contributed by atoms with Crippen LogP contribution in [0.25, 0.3) is 0 Å². The highest BCUT2D eigenvalue weighted by Crippen LogP contribution is 2.11. The zero-order valence-electron chi connectivity index (χ0n) is 10.8. The molecule has 0 unspecified atom stereocenters. The number of nitrogens with zero attached hydrogens (tertiary/aromatic N) is 1. The van der Waals surface area contributed by atoms with Crippen molar-refractivity contribution in [3.63, 3.8) is 0 Å². The van der Waals surface area contributed by atoms with Gasteiger partial charge in [-0.3, -0.25) is 0 Å². The van der Waals surface area contributed by atoms with Gasteiger partial charge >= 0.3 is 0 Å². The van der Waals surface area contributed by atoms with Crippen molar-refractivity contribution < 1.29 is 4.43 Å². The normalized spacial score (nSPS) is 13.7. The first-order valence-corrected chi connectivity index (χ1v) is 8.75. The van der Waals surface area contributed by atoms with Crippen LogP contribution in [-0.4, -0.2) is 14.5 Å². The Kier molecular flexibility index (Phi) is 5.58. The van der Waals surface area contributed by atoms with Gasteiger partial charge in [-0.2, -0.15) is 0 Å². The minimum Gasteiger partial charge on any atom is -0.532 e. The second-order valence-corrected chi connectivity index (χ2v) is 9.24. The average molecular weight is 225 g/mol. The highest BCUT2D eigenvalue weighted by molar-refractivity contribution is 6.70. The van der Waals surface area contributed by atoms with Crippen LogP contribution in [-0.2, 0) is 4.43 Å². The molecule has 0 aromatic heterocycles. The summed E-state index contributed by atoms with van der Waals surface area (Å²) in [6.45, 7) is 16.4. The fourth-order valence-electron chi connectivity index (χ4n) is 1.08. The fourth-order valence-corrected chi connectivity index (χ4v) is 1.84. The molecule has 0 aliphatic heterocycles. The van der Waals surface area contributed by atoms with Crippen molar-refractivity contribution >= 4 is 14.5 Å². The van der Waals surface area contributed by atoms with Gasteiger partial charge in [-0.1, -0.05) is 19.9 Å². The van der Waals surface area contributed by atoms with Gasteiger partial charge in [0.15, 0.2) is 5.88 Å². The Morgan fingerprint density at radius 3 is 2.20 bits per heavy atom. The summed E-state index contributed by atoms with van der Waals surface area (Å²) >= 11 is 0. The van der Waals surface area contributed by atoms with E-state index in [4.69, 9.17) is 4.43 Å². The van der Waals surface area contributed by atoms with Crippen LogP contribution in [0, 0.1) is 5.92 Å². The Morgan fingerprint density at radius 1 is 1.33 bits per heavy atom.